The molecule has 0 bridgehead atoms. The SMILES string of the molecule is CCCN(CC(=O)Nc1ccccc1C)C(=O)C(C)NC(=O)c1ccc(Cl)cc1. The number of nitrogens with zero attached hydrogens (tertiary/aromatic N) is 1. The van der Waals surface area contributed by atoms with Gasteiger partial charge in [0.15, 0.2) is 0 Å². The van der Waals surface area contributed by atoms with Gasteiger partial charge in [0.25, 0.3) is 5.91 Å². The highest BCUT2D eigenvalue weighted by Gasteiger charge is 2.24. The van der Waals surface area contributed by atoms with E-state index in [1.807, 2.05) is 38.1 Å². The molecule has 2 rings (SSSR count). The predicted molar refractivity (Wildman–Crippen MR) is 115 cm³/mol. The first-order valence-electron chi connectivity index (χ1n) is 9.52. The van der Waals surface area contributed by atoms with Crippen molar-refractivity contribution in [3.05, 3.63) is 64.7 Å². The highest BCUT2D eigenvalue weighted by Crippen LogP contribution is 2.13. The van der Waals surface area contributed by atoms with Crippen LogP contribution in [0.2, 0.25) is 5.02 Å². The lowest BCUT2D eigenvalue weighted by Crippen LogP contribution is -2.49. The van der Waals surface area contributed by atoms with E-state index in [4.69, 9.17) is 11.6 Å². The quantitative estimate of drug-likeness (QED) is 0.690. The molecule has 0 spiro atoms. The molecule has 0 saturated heterocycles. The summed E-state index contributed by atoms with van der Waals surface area (Å²) in [4.78, 5) is 39.1. The molecule has 0 radical (unpaired) electrons. The van der Waals surface area contributed by atoms with Crippen LogP contribution < -0.4 is 10.6 Å². The number of aryl methyl sites for hydroxylation is 1. The molecule has 3 amide bonds. The second-order valence-corrected chi connectivity index (χ2v) is 7.26. The number of benzene rings is 2. The van der Waals surface area contributed by atoms with Crippen molar-refractivity contribution in [1.29, 1.82) is 0 Å². The summed E-state index contributed by atoms with van der Waals surface area (Å²) in [6, 6.07) is 13.1. The third-order valence-electron chi connectivity index (χ3n) is 4.38. The first-order valence-corrected chi connectivity index (χ1v) is 9.90. The summed E-state index contributed by atoms with van der Waals surface area (Å²) < 4.78 is 0. The Kier molecular flexibility index (Phi) is 8.21. The zero-order chi connectivity index (χ0) is 21.4. The Hall–Kier alpha value is -2.86. The molecule has 6 nitrogen and oxygen atoms in total. The molecule has 7 heteroatoms. The number of anilines is 1. The fraction of sp³-hybridized carbons (Fsp3) is 0.318. The average Bonchev–Trinajstić information content (AvgIpc) is 2.69. The maximum Gasteiger partial charge on any atom is 0.251 e. The van der Waals surface area contributed by atoms with Crippen LogP contribution in [0.4, 0.5) is 5.69 Å². The number of carbonyl (C=O) groups is 3. The van der Waals surface area contributed by atoms with Crippen LogP contribution in [0.1, 0.15) is 36.2 Å². The van der Waals surface area contributed by atoms with Gasteiger partial charge >= 0.3 is 0 Å². The molecular weight excluding hydrogens is 390 g/mol. The van der Waals surface area contributed by atoms with E-state index in [0.29, 0.717) is 29.2 Å². The predicted octanol–water partition coefficient (Wildman–Crippen LogP) is 3.64. The summed E-state index contributed by atoms with van der Waals surface area (Å²) >= 11 is 5.83. The van der Waals surface area contributed by atoms with Crippen LogP contribution in [0, 0.1) is 6.92 Å². The van der Waals surface area contributed by atoms with Crippen LogP contribution in [-0.4, -0.2) is 41.8 Å². The highest BCUT2D eigenvalue weighted by molar-refractivity contribution is 6.30. The number of carbonyl (C=O) groups excluding carboxylic acids is 3. The van der Waals surface area contributed by atoms with Crippen LogP contribution in [0.5, 0.6) is 0 Å². The zero-order valence-corrected chi connectivity index (χ0v) is 17.6. The molecule has 2 N–H and O–H groups in total. The second kappa shape index (κ2) is 10.6. The number of nitrogens with one attached hydrogen (secondary N) is 2. The lowest BCUT2D eigenvalue weighted by molar-refractivity contribution is -0.136. The normalized spacial score (nSPS) is 11.4. The highest BCUT2D eigenvalue weighted by atomic mass is 35.5. The molecule has 0 fully saturated rings. The Labute approximate surface area is 176 Å². The molecular formula is C22H26ClN3O3. The summed E-state index contributed by atoms with van der Waals surface area (Å²) in [6.07, 6.45) is 0.696. The molecule has 0 aliphatic rings. The van der Waals surface area contributed by atoms with Crippen molar-refractivity contribution in [2.75, 3.05) is 18.4 Å². The van der Waals surface area contributed by atoms with Gasteiger partial charge in [-0.2, -0.15) is 0 Å². The van der Waals surface area contributed by atoms with E-state index in [1.54, 1.807) is 31.2 Å². The maximum atomic E-state index is 12.8. The second-order valence-electron chi connectivity index (χ2n) is 6.82. The topological polar surface area (TPSA) is 78.5 Å². The fourth-order valence-electron chi connectivity index (χ4n) is 2.83. The van der Waals surface area contributed by atoms with Crippen LogP contribution in [0.25, 0.3) is 0 Å². The number of hydrogen-bond acceptors (Lipinski definition) is 3. The maximum absolute atomic E-state index is 12.8. The van der Waals surface area contributed by atoms with E-state index >= 15 is 0 Å². The summed E-state index contributed by atoms with van der Waals surface area (Å²) in [5, 5.41) is 6.04. The molecule has 1 atom stereocenters. The first kappa shape index (κ1) is 22.4. The Morgan fingerprint density at radius 1 is 1.07 bits per heavy atom. The van der Waals surface area contributed by atoms with Crippen molar-refractivity contribution in [3.8, 4) is 0 Å². The van der Waals surface area contributed by atoms with Crippen LogP contribution in [0.15, 0.2) is 48.5 Å². The molecule has 0 aliphatic heterocycles. The number of halogens is 1. The minimum atomic E-state index is -0.768. The molecule has 0 heterocycles. The van der Waals surface area contributed by atoms with Crippen molar-refractivity contribution in [3.63, 3.8) is 0 Å². The van der Waals surface area contributed by atoms with Gasteiger partial charge in [0.1, 0.15) is 6.04 Å². The largest absolute Gasteiger partial charge is 0.341 e. The van der Waals surface area contributed by atoms with Crippen molar-refractivity contribution in [1.82, 2.24) is 10.2 Å². The van der Waals surface area contributed by atoms with E-state index in [2.05, 4.69) is 10.6 Å². The van der Waals surface area contributed by atoms with Crippen molar-refractivity contribution in [2.24, 2.45) is 0 Å². The minimum Gasteiger partial charge on any atom is -0.341 e. The van der Waals surface area contributed by atoms with E-state index in [9.17, 15) is 14.4 Å². The number of amides is 3. The Bertz CT molecular complexity index is 868. The van der Waals surface area contributed by atoms with E-state index in [1.165, 1.54) is 4.90 Å². The smallest absolute Gasteiger partial charge is 0.251 e. The van der Waals surface area contributed by atoms with Crippen LogP contribution >= 0.6 is 11.6 Å². The standard InChI is InChI=1S/C22H26ClN3O3/c1-4-13-26(14-20(27)25-19-8-6-5-7-15(19)2)22(29)16(3)24-21(28)17-9-11-18(23)12-10-17/h5-12,16H,4,13-14H2,1-3H3,(H,24,28)(H,25,27). The van der Waals surface area contributed by atoms with Gasteiger partial charge in [-0.05, 0) is 56.2 Å². The van der Waals surface area contributed by atoms with Gasteiger partial charge in [-0.15, -0.1) is 0 Å². The van der Waals surface area contributed by atoms with E-state index in [-0.39, 0.29) is 24.3 Å². The summed E-state index contributed by atoms with van der Waals surface area (Å²) in [7, 11) is 0. The summed E-state index contributed by atoms with van der Waals surface area (Å²) in [5.74, 6) is -0.963. The van der Waals surface area contributed by atoms with Gasteiger partial charge in [0.05, 0.1) is 6.54 Å². The van der Waals surface area contributed by atoms with Gasteiger partial charge in [-0.3, -0.25) is 14.4 Å². The van der Waals surface area contributed by atoms with Gasteiger partial charge in [0, 0.05) is 22.8 Å². The fourth-order valence-corrected chi connectivity index (χ4v) is 2.96. The lowest BCUT2D eigenvalue weighted by atomic mass is 10.2. The molecule has 0 aliphatic carbocycles. The molecule has 2 aromatic carbocycles. The lowest BCUT2D eigenvalue weighted by Gasteiger charge is -2.25. The average molecular weight is 416 g/mol. The van der Waals surface area contributed by atoms with Gasteiger partial charge in [0.2, 0.25) is 11.8 Å². The molecule has 0 aromatic heterocycles. The summed E-state index contributed by atoms with van der Waals surface area (Å²) in [5.41, 5.74) is 2.07. The van der Waals surface area contributed by atoms with Crippen LogP contribution in [0.3, 0.4) is 0 Å². The third-order valence-corrected chi connectivity index (χ3v) is 4.64. The molecule has 29 heavy (non-hydrogen) atoms. The number of para-hydroxylation sites is 1. The van der Waals surface area contributed by atoms with Crippen LogP contribution in [-0.2, 0) is 9.59 Å². The first-order chi connectivity index (χ1) is 13.8. The minimum absolute atomic E-state index is 0.0812. The van der Waals surface area contributed by atoms with E-state index in [0.717, 1.165) is 5.56 Å². The molecule has 154 valence electrons. The van der Waals surface area contributed by atoms with Crippen molar-refractivity contribution < 1.29 is 14.4 Å². The number of rotatable bonds is 8. The van der Waals surface area contributed by atoms with Gasteiger partial charge in [-0.25, -0.2) is 0 Å². The van der Waals surface area contributed by atoms with Gasteiger partial charge < -0.3 is 15.5 Å². The third kappa shape index (κ3) is 6.61. The summed E-state index contributed by atoms with van der Waals surface area (Å²) in [6.45, 7) is 5.77. The molecule has 2 aromatic rings. The van der Waals surface area contributed by atoms with Crippen molar-refractivity contribution in [2.45, 2.75) is 33.2 Å². The van der Waals surface area contributed by atoms with Crippen molar-refractivity contribution >= 4 is 35.0 Å². The Morgan fingerprint density at radius 2 is 1.72 bits per heavy atom. The zero-order valence-electron chi connectivity index (χ0n) is 16.9. The number of hydrogen-bond donors (Lipinski definition) is 2. The van der Waals surface area contributed by atoms with Gasteiger partial charge in [-0.1, -0.05) is 36.7 Å². The monoisotopic (exact) mass is 415 g/mol. The Balaban J connectivity index is 1.99. The Morgan fingerprint density at radius 3 is 2.34 bits per heavy atom. The van der Waals surface area contributed by atoms with E-state index < -0.39 is 6.04 Å². The molecule has 0 saturated carbocycles. The molecule has 1 unspecified atom stereocenters.